The summed E-state index contributed by atoms with van der Waals surface area (Å²) in [5.41, 5.74) is 1.49. The molecule has 1 aliphatic heterocycles. The number of alkyl halides is 3. The summed E-state index contributed by atoms with van der Waals surface area (Å²) in [4.78, 5) is 22.9. The molecular formula is C21H17F3N4O. The number of rotatable bonds is 3. The summed E-state index contributed by atoms with van der Waals surface area (Å²) in [7, 11) is 0. The second kappa shape index (κ2) is 7.20. The summed E-state index contributed by atoms with van der Waals surface area (Å²) in [6.45, 7) is 2.08. The van der Waals surface area contributed by atoms with Crippen LogP contribution in [0.25, 0.3) is 0 Å². The third-order valence-electron chi connectivity index (χ3n) is 4.77. The first-order valence-corrected chi connectivity index (χ1v) is 9.01. The monoisotopic (exact) mass is 398 g/mol. The molecule has 1 N–H and O–H groups in total. The normalized spacial score (nSPS) is 15.9. The summed E-state index contributed by atoms with van der Waals surface area (Å²) < 4.78 is 38.5. The molecular weight excluding hydrogens is 381 g/mol. The average molecular weight is 398 g/mol. The lowest BCUT2D eigenvalue weighted by Gasteiger charge is -2.23. The minimum atomic E-state index is -4.48. The number of halogens is 3. The van der Waals surface area contributed by atoms with Gasteiger partial charge >= 0.3 is 6.18 Å². The Kier molecular flexibility index (Phi) is 4.70. The lowest BCUT2D eigenvalue weighted by molar-refractivity contribution is -0.137. The van der Waals surface area contributed by atoms with Gasteiger partial charge in [0.05, 0.1) is 18.0 Å². The number of para-hydroxylation sites is 1. The third kappa shape index (κ3) is 3.78. The van der Waals surface area contributed by atoms with E-state index in [1.54, 1.807) is 0 Å². The van der Waals surface area contributed by atoms with E-state index in [0.29, 0.717) is 5.82 Å². The molecule has 1 unspecified atom stereocenters. The van der Waals surface area contributed by atoms with E-state index in [1.807, 2.05) is 18.2 Å². The topological polar surface area (TPSA) is 58.1 Å². The Bertz CT molecular complexity index is 1050. The van der Waals surface area contributed by atoms with Crippen LogP contribution < -0.4 is 10.2 Å². The molecule has 2 aromatic carbocycles. The number of carbonyl (C=O) groups is 1. The summed E-state index contributed by atoms with van der Waals surface area (Å²) in [6.07, 6.45) is -0.772. The number of aromatic nitrogens is 2. The first-order valence-electron chi connectivity index (χ1n) is 9.01. The van der Waals surface area contributed by atoms with Crippen LogP contribution in [-0.2, 0) is 12.6 Å². The molecule has 1 atom stereocenters. The Hall–Kier alpha value is -3.42. The van der Waals surface area contributed by atoms with Crippen molar-refractivity contribution in [3.63, 3.8) is 0 Å². The zero-order valence-corrected chi connectivity index (χ0v) is 15.4. The van der Waals surface area contributed by atoms with Crippen LogP contribution in [0.5, 0.6) is 0 Å². The second-order valence-corrected chi connectivity index (χ2v) is 6.84. The molecule has 2 heterocycles. The van der Waals surface area contributed by atoms with Gasteiger partial charge in [0.15, 0.2) is 5.82 Å². The summed E-state index contributed by atoms with van der Waals surface area (Å²) in [5.74, 6) is -0.0173. The van der Waals surface area contributed by atoms with Gasteiger partial charge in [0.2, 0.25) is 0 Å². The molecule has 0 spiro atoms. The standard InChI is InChI=1S/C21H17F3N4O/c1-13-9-14-5-2-3-8-18(14)28(13)19-12-25-17(11-26-19)20(29)27-16-7-4-6-15(10-16)21(22,23)24/h2-8,10-13H,9H2,1H3,(H,27,29). The fraction of sp³-hybridized carbons (Fsp3) is 0.190. The summed E-state index contributed by atoms with van der Waals surface area (Å²) >= 11 is 0. The molecule has 4 rings (SSSR count). The number of nitrogens with zero attached hydrogens (tertiary/aromatic N) is 3. The van der Waals surface area contributed by atoms with Crippen molar-refractivity contribution in [1.82, 2.24) is 9.97 Å². The molecule has 148 valence electrons. The molecule has 8 heteroatoms. The van der Waals surface area contributed by atoms with E-state index in [0.717, 1.165) is 24.2 Å². The number of hydrogen-bond acceptors (Lipinski definition) is 4. The van der Waals surface area contributed by atoms with Gasteiger partial charge in [0.25, 0.3) is 5.91 Å². The van der Waals surface area contributed by atoms with Crippen LogP contribution in [0.15, 0.2) is 60.9 Å². The summed E-state index contributed by atoms with van der Waals surface area (Å²) in [6, 6.07) is 12.7. The molecule has 5 nitrogen and oxygen atoms in total. The third-order valence-corrected chi connectivity index (χ3v) is 4.77. The maximum absolute atomic E-state index is 12.8. The molecule has 29 heavy (non-hydrogen) atoms. The van der Waals surface area contributed by atoms with Gasteiger partial charge in [-0.3, -0.25) is 4.79 Å². The van der Waals surface area contributed by atoms with Crippen LogP contribution >= 0.6 is 0 Å². The van der Waals surface area contributed by atoms with Crippen molar-refractivity contribution in [2.45, 2.75) is 25.6 Å². The van der Waals surface area contributed by atoms with E-state index in [9.17, 15) is 18.0 Å². The number of benzene rings is 2. The molecule has 0 radical (unpaired) electrons. The number of carbonyl (C=O) groups excluding carboxylic acids is 1. The maximum atomic E-state index is 12.8. The van der Waals surface area contributed by atoms with Crippen molar-refractivity contribution in [1.29, 1.82) is 0 Å². The van der Waals surface area contributed by atoms with Gasteiger partial charge in [-0.1, -0.05) is 24.3 Å². The molecule has 3 aromatic rings. The van der Waals surface area contributed by atoms with Gasteiger partial charge in [0, 0.05) is 17.4 Å². The number of fused-ring (bicyclic) bond motifs is 1. The molecule has 0 aliphatic carbocycles. The van der Waals surface area contributed by atoms with Gasteiger partial charge in [-0.25, -0.2) is 9.97 Å². The molecule has 1 aliphatic rings. The van der Waals surface area contributed by atoms with Gasteiger partial charge in [0.1, 0.15) is 5.69 Å². The van der Waals surface area contributed by atoms with Crippen LogP contribution in [0.3, 0.4) is 0 Å². The predicted octanol–water partition coefficient (Wildman–Crippen LogP) is 4.83. The lowest BCUT2D eigenvalue weighted by Crippen LogP contribution is -2.25. The second-order valence-electron chi connectivity index (χ2n) is 6.84. The average Bonchev–Trinajstić information content (AvgIpc) is 3.03. The number of hydrogen-bond donors (Lipinski definition) is 1. The van der Waals surface area contributed by atoms with Crippen molar-refractivity contribution >= 4 is 23.1 Å². The minimum absolute atomic E-state index is 0.0197. The van der Waals surface area contributed by atoms with Crippen molar-refractivity contribution < 1.29 is 18.0 Å². The smallest absolute Gasteiger partial charge is 0.322 e. The molecule has 0 fully saturated rings. The molecule has 1 aromatic heterocycles. The summed E-state index contributed by atoms with van der Waals surface area (Å²) in [5, 5.41) is 2.43. The highest BCUT2D eigenvalue weighted by Gasteiger charge is 2.31. The van der Waals surface area contributed by atoms with Gasteiger partial charge in [-0.05, 0) is 43.2 Å². The molecule has 0 saturated carbocycles. The zero-order chi connectivity index (χ0) is 20.6. The van der Waals surface area contributed by atoms with Crippen LogP contribution in [0, 0.1) is 0 Å². The lowest BCUT2D eigenvalue weighted by atomic mass is 10.1. The van der Waals surface area contributed by atoms with E-state index in [1.165, 1.54) is 30.1 Å². The van der Waals surface area contributed by atoms with Crippen LogP contribution in [0.4, 0.5) is 30.4 Å². The number of nitrogens with one attached hydrogen (secondary N) is 1. The largest absolute Gasteiger partial charge is 0.416 e. The van der Waals surface area contributed by atoms with Crippen LogP contribution in [0.2, 0.25) is 0 Å². The fourth-order valence-corrected chi connectivity index (χ4v) is 3.45. The van der Waals surface area contributed by atoms with E-state index < -0.39 is 17.6 Å². The fourth-order valence-electron chi connectivity index (χ4n) is 3.45. The van der Waals surface area contributed by atoms with E-state index in [4.69, 9.17) is 0 Å². The Morgan fingerprint density at radius 3 is 2.62 bits per heavy atom. The highest BCUT2D eigenvalue weighted by Crippen LogP contribution is 2.36. The van der Waals surface area contributed by atoms with Crippen molar-refractivity contribution in [2.24, 2.45) is 0 Å². The highest BCUT2D eigenvalue weighted by molar-refractivity contribution is 6.02. The zero-order valence-electron chi connectivity index (χ0n) is 15.4. The maximum Gasteiger partial charge on any atom is 0.416 e. The minimum Gasteiger partial charge on any atom is -0.322 e. The van der Waals surface area contributed by atoms with Gasteiger partial charge < -0.3 is 10.2 Å². The molecule has 1 amide bonds. The Balaban J connectivity index is 1.52. The van der Waals surface area contributed by atoms with Crippen molar-refractivity contribution in [3.05, 3.63) is 77.7 Å². The van der Waals surface area contributed by atoms with Crippen LogP contribution in [0.1, 0.15) is 28.5 Å². The molecule has 0 bridgehead atoms. The van der Waals surface area contributed by atoms with E-state index >= 15 is 0 Å². The Labute approximate surface area is 165 Å². The molecule has 0 saturated heterocycles. The van der Waals surface area contributed by atoms with E-state index in [-0.39, 0.29) is 17.4 Å². The Morgan fingerprint density at radius 1 is 1.10 bits per heavy atom. The van der Waals surface area contributed by atoms with E-state index in [2.05, 4.69) is 33.2 Å². The van der Waals surface area contributed by atoms with Crippen molar-refractivity contribution in [2.75, 3.05) is 10.2 Å². The quantitative estimate of drug-likeness (QED) is 0.687. The van der Waals surface area contributed by atoms with Crippen molar-refractivity contribution in [3.8, 4) is 0 Å². The first kappa shape index (κ1) is 18.9. The predicted molar refractivity (Wildman–Crippen MR) is 103 cm³/mol. The SMILES string of the molecule is CC1Cc2ccccc2N1c1cnc(C(=O)Nc2cccc(C(F)(F)F)c2)cn1. The number of amides is 1. The number of anilines is 3. The van der Waals surface area contributed by atoms with Gasteiger partial charge in [-0.15, -0.1) is 0 Å². The highest BCUT2D eigenvalue weighted by atomic mass is 19.4. The Morgan fingerprint density at radius 2 is 1.90 bits per heavy atom. The first-order chi connectivity index (χ1) is 13.8. The van der Waals surface area contributed by atoms with Gasteiger partial charge in [-0.2, -0.15) is 13.2 Å². The van der Waals surface area contributed by atoms with Crippen LogP contribution in [-0.4, -0.2) is 21.9 Å².